The van der Waals surface area contributed by atoms with Gasteiger partial charge in [0.05, 0.1) is 31.0 Å². The van der Waals surface area contributed by atoms with Crippen molar-refractivity contribution in [3.63, 3.8) is 0 Å². The first-order valence-corrected chi connectivity index (χ1v) is 11.3. The van der Waals surface area contributed by atoms with Crippen LogP contribution in [0.15, 0.2) is 47.1 Å². The van der Waals surface area contributed by atoms with E-state index in [2.05, 4.69) is 18.5 Å². The van der Waals surface area contributed by atoms with Crippen molar-refractivity contribution in [3.05, 3.63) is 47.7 Å². The average Bonchev–Trinajstić information content (AvgIpc) is 2.77. The lowest BCUT2D eigenvalue weighted by molar-refractivity contribution is -0.139. The largest absolute Gasteiger partial charge is 0.493 e. The summed E-state index contributed by atoms with van der Waals surface area (Å²) < 4.78 is 16.7. The number of thioether (sulfide) groups is 1. The summed E-state index contributed by atoms with van der Waals surface area (Å²) in [6.45, 7) is 8.13. The van der Waals surface area contributed by atoms with Gasteiger partial charge in [0.2, 0.25) is 5.91 Å². The molecule has 1 saturated heterocycles. The van der Waals surface area contributed by atoms with E-state index in [0.717, 1.165) is 18.4 Å². The zero-order chi connectivity index (χ0) is 22.4. The highest BCUT2D eigenvalue weighted by Crippen LogP contribution is 2.42. The molecule has 2 aliphatic rings. The minimum Gasteiger partial charge on any atom is -0.493 e. The molecule has 0 saturated carbocycles. The van der Waals surface area contributed by atoms with Gasteiger partial charge >= 0.3 is 5.97 Å². The van der Waals surface area contributed by atoms with E-state index < -0.39 is 12.0 Å². The molecule has 1 fully saturated rings. The molecule has 0 N–H and O–H groups in total. The molecule has 31 heavy (non-hydrogen) atoms. The third kappa shape index (κ3) is 4.95. The second kappa shape index (κ2) is 10.5. The fourth-order valence-electron chi connectivity index (χ4n) is 3.48. The number of unbranched alkanes of at least 4 members (excludes halogenated alkanes) is 1. The van der Waals surface area contributed by atoms with Gasteiger partial charge in [0, 0.05) is 12.2 Å². The maximum absolute atomic E-state index is 12.9. The smallest absolute Gasteiger partial charge is 0.338 e. The normalized spacial score (nSPS) is 18.3. The summed E-state index contributed by atoms with van der Waals surface area (Å²) in [4.78, 5) is 31.9. The highest BCUT2D eigenvalue weighted by molar-refractivity contribution is 8.14. The standard InChI is InChI=1S/C23H28N2O5S/c1-5-7-12-29-17-9-8-16(14-18(17)28-4)21-20(22(27)30-11-6-2)15(3)24-23-25(21)19(26)10-13-31-23/h6,8-9,14,21H,2,5,7,10-13H2,1,3-4H3. The number of carbonyl (C=O) groups excluding carboxylic acids is 2. The van der Waals surface area contributed by atoms with Gasteiger partial charge in [0.1, 0.15) is 6.61 Å². The monoisotopic (exact) mass is 444 g/mol. The molecule has 1 atom stereocenters. The molecule has 7 nitrogen and oxygen atoms in total. The van der Waals surface area contributed by atoms with Gasteiger partial charge in [-0.25, -0.2) is 9.79 Å². The first-order valence-electron chi connectivity index (χ1n) is 10.3. The number of esters is 1. The Kier molecular flexibility index (Phi) is 7.79. The lowest BCUT2D eigenvalue weighted by Crippen LogP contribution is -2.45. The SMILES string of the molecule is C=CCOC(=O)C1=C(C)N=C2SCCC(=O)N2C1c1ccc(OCCCC)c(OC)c1. The number of nitrogens with zero attached hydrogens (tertiary/aromatic N) is 2. The van der Waals surface area contributed by atoms with Crippen LogP contribution in [-0.2, 0) is 14.3 Å². The van der Waals surface area contributed by atoms with Crippen LogP contribution in [0.5, 0.6) is 11.5 Å². The summed E-state index contributed by atoms with van der Waals surface area (Å²) in [5.41, 5.74) is 1.60. The minimum absolute atomic E-state index is 0.0775. The predicted molar refractivity (Wildman–Crippen MR) is 121 cm³/mol. The molecule has 1 aromatic carbocycles. The molecule has 0 aromatic heterocycles. The molecule has 0 bridgehead atoms. The third-order valence-corrected chi connectivity index (χ3v) is 5.97. The Bertz CT molecular complexity index is 925. The fraction of sp³-hybridized carbons (Fsp3) is 0.435. The van der Waals surface area contributed by atoms with Crippen LogP contribution in [0.3, 0.4) is 0 Å². The maximum atomic E-state index is 12.9. The van der Waals surface area contributed by atoms with Crippen LogP contribution in [0.4, 0.5) is 0 Å². The van der Waals surface area contributed by atoms with Gasteiger partial charge in [0.15, 0.2) is 16.7 Å². The number of amides is 1. The molecule has 0 aliphatic carbocycles. The zero-order valence-electron chi connectivity index (χ0n) is 18.2. The van der Waals surface area contributed by atoms with E-state index in [4.69, 9.17) is 14.2 Å². The molecule has 3 rings (SSSR count). The summed E-state index contributed by atoms with van der Waals surface area (Å²) in [5.74, 6) is 1.24. The number of aliphatic imine (C=N–C) groups is 1. The van der Waals surface area contributed by atoms with E-state index in [1.165, 1.54) is 17.8 Å². The van der Waals surface area contributed by atoms with Crippen LogP contribution in [0.1, 0.15) is 44.7 Å². The molecule has 1 amide bonds. The zero-order valence-corrected chi connectivity index (χ0v) is 19.0. The molecule has 1 aromatic rings. The molecular weight excluding hydrogens is 416 g/mol. The van der Waals surface area contributed by atoms with Crippen molar-refractivity contribution in [2.75, 3.05) is 26.1 Å². The van der Waals surface area contributed by atoms with Crippen LogP contribution < -0.4 is 9.47 Å². The summed E-state index contributed by atoms with van der Waals surface area (Å²) in [6, 6.07) is 4.84. The highest BCUT2D eigenvalue weighted by Gasteiger charge is 2.41. The van der Waals surface area contributed by atoms with Crippen molar-refractivity contribution in [1.82, 2.24) is 4.90 Å². The van der Waals surface area contributed by atoms with Gasteiger partial charge < -0.3 is 14.2 Å². The first kappa shape index (κ1) is 22.9. The average molecular weight is 445 g/mol. The Hall–Kier alpha value is -2.74. The lowest BCUT2D eigenvalue weighted by atomic mass is 9.94. The van der Waals surface area contributed by atoms with Gasteiger partial charge in [-0.05, 0) is 31.0 Å². The van der Waals surface area contributed by atoms with Crippen molar-refractivity contribution >= 4 is 28.8 Å². The van der Waals surface area contributed by atoms with Crippen LogP contribution in [0.25, 0.3) is 0 Å². The number of amidine groups is 1. The molecular formula is C23H28N2O5S. The predicted octanol–water partition coefficient (Wildman–Crippen LogP) is 4.25. The quantitative estimate of drug-likeness (QED) is 0.322. The van der Waals surface area contributed by atoms with Crippen molar-refractivity contribution in [2.45, 2.75) is 39.2 Å². The summed E-state index contributed by atoms with van der Waals surface area (Å²) in [7, 11) is 1.57. The van der Waals surface area contributed by atoms with E-state index in [0.29, 0.717) is 46.7 Å². The summed E-state index contributed by atoms with van der Waals surface area (Å²) >= 11 is 1.51. The number of fused-ring (bicyclic) bond motifs is 1. The third-order valence-electron chi connectivity index (χ3n) is 5.02. The Balaban J connectivity index is 2.05. The molecule has 1 unspecified atom stereocenters. The Labute approximate surface area is 187 Å². The second-order valence-electron chi connectivity index (χ2n) is 7.16. The fourth-order valence-corrected chi connectivity index (χ4v) is 4.49. The Morgan fingerprint density at radius 1 is 1.39 bits per heavy atom. The molecule has 2 heterocycles. The van der Waals surface area contributed by atoms with E-state index >= 15 is 0 Å². The van der Waals surface area contributed by atoms with E-state index in [9.17, 15) is 9.59 Å². The number of rotatable bonds is 9. The van der Waals surface area contributed by atoms with E-state index in [1.54, 1.807) is 18.9 Å². The Morgan fingerprint density at radius 3 is 2.90 bits per heavy atom. The van der Waals surface area contributed by atoms with Gasteiger partial charge in [-0.1, -0.05) is 43.8 Å². The summed E-state index contributed by atoms with van der Waals surface area (Å²) in [5, 5.41) is 0.598. The lowest BCUT2D eigenvalue weighted by Gasteiger charge is -2.39. The van der Waals surface area contributed by atoms with Crippen LogP contribution in [0.2, 0.25) is 0 Å². The van der Waals surface area contributed by atoms with Gasteiger partial charge in [0.25, 0.3) is 0 Å². The van der Waals surface area contributed by atoms with Crippen molar-refractivity contribution in [3.8, 4) is 11.5 Å². The highest BCUT2D eigenvalue weighted by atomic mass is 32.2. The number of methoxy groups -OCH3 is 1. The van der Waals surface area contributed by atoms with E-state index in [-0.39, 0.29) is 12.5 Å². The number of carbonyl (C=O) groups is 2. The van der Waals surface area contributed by atoms with Crippen molar-refractivity contribution in [1.29, 1.82) is 0 Å². The minimum atomic E-state index is -0.649. The van der Waals surface area contributed by atoms with Crippen LogP contribution in [0, 0.1) is 0 Å². The van der Waals surface area contributed by atoms with Crippen molar-refractivity contribution in [2.24, 2.45) is 4.99 Å². The number of benzene rings is 1. The Morgan fingerprint density at radius 2 is 2.19 bits per heavy atom. The van der Waals surface area contributed by atoms with Crippen LogP contribution >= 0.6 is 11.8 Å². The first-order chi connectivity index (χ1) is 15.0. The van der Waals surface area contributed by atoms with E-state index in [1.807, 2.05) is 18.2 Å². The van der Waals surface area contributed by atoms with Crippen molar-refractivity contribution < 1.29 is 23.8 Å². The van der Waals surface area contributed by atoms with Gasteiger partial charge in [-0.2, -0.15) is 0 Å². The number of hydrogen-bond acceptors (Lipinski definition) is 7. The molecule has 2 aliphatic heterocycles. The molecule has 0 radical (unpaired) electrons. The summed E-state index contributed by atoms with van der Waals surface area (Å²) in [6.07, 6.45) is 3.85. The molecule has 8 heteroatoms. The second-order valence-corrected chi connectivity index (χ2v) is 8.22. The topological polar surface area (TPSA) is 77.4 Å². The van der Waals surface area contributed by atoms with Gasteiger partial charge in [-0.15, -0.1) is 0 Å². The molecule has 0 spiro atoms. The number of ether oxygens (including phenoxy) is 3. The number of hydrogen-bond donors (Lipinski definition) is 0. The van der Waals surface area contributed by atoms with Gasteiger partial charge in [-0.3, -0.25) is 9.69 Å². The maximum Gasteiger partial charge on any atom is 0.338 e. The van der Waals surface area contributed by atoms with Crippen LogP contribution in [-0.4, -0.2) is 48.0 Å². The number of allylic oxidation sites excluding steroid dienone is 1. The molecule has 166 valence electrons.